The van der Waals surface area contributed by atoms with E-state index in [1.807, 2.05) is 12.3 Å². The first kappa shape index (κ1) is 17.9. The molecule has 5 rings (SSSR count). The maximum absolute atomic E-state index is 4.81. The third kappa shape index (κ3) is 3.86. The third-order valence-electron chi connectivity index (χ3n) is 5.92. The van der Waals surface area contributed by atoms with Gasteiger partial charge >= 0.3 is 0 Å². The van der Waals surface area contributed by atoms with Crippen molar-refractivity contribution in [2.45, 2.75) is 44.6 Å². The van der Waals surface area contributed by atoms with Gasteiger partial charge in [0.2, 0.25) is 0 Å². The summed E-state index contributed by atoms with van der Waals surface area (Å²) in [6.07, 6.45) is 12.8. The van der Waals surface area contributed by atoms with Crippen molar-refractivity contribution in [3.05, 3.63) is 42.1 Å². The highest BCUT2D eigenvalue weighted by molar-refractivity contribution is 7.22. The van der Waals surface area contributed by atoms with Crippen molar-refractivity contribution in [3.63, 3.8) is 0 Å². The van der Waals surface area contributed by atoms with Gasteiger partial charge in [-0.3, -0.25) is 0 Å². The van der Waals surface area contributed by atoms with Gasteiger partial charge in [-0.15, -0.1) is 0 Å². The minimum absolute atomic E-state index is 0.707. The lowest BCUT2D eigenvalue weighted by Crippen LogP contribution is -2.46. The third-order valence-corrected chi connectivity index (χ3v) is 6.97. The number of pyridine rings is 1. The fraction of sp³-hybridized carbons (Fsp3) is 0.524. The summed E-state index contributed by atoms with van der Waals surface area (Å²) in [7, 11) is 0. The van der Waals surface area contributed by atoms with E-state index in [-0.39, 0.29) is 0 Å². The van der Waals surface area contributed by atoms with Crippen molar-refractivity contribution in [3.8, 4) is 0 Å². The van der Waals surface area contributed by atoms with Crippen molar-refractivity contribution in [1.29, 1.82) is 0 Å². The summed E-state index contributed by atoms with van der Waals surface area (Å²) in [6, 6.07) is 4.80. The minimum atomic E-state index is 0.707. The Morgan fingerprint density at radius 3 is 2.54 bits per heavy atom. The monoisotopic (exact) mass is 394 g/mol. The van der Waals surface area contributed by atoms with E-state index in [4.69, 9.17) is 4.98 Å². The molecule has 3 aromatic heterocycles. The second-order valence-electron chi connectivity index (χ2n) is 7.82. The lowest BCUT2D eigenvalue weighted by atomic mass is 10.0. The highest BCUT2D eigenvalue weighted by Crippen LogP contribution is 2.31. The number of hydrogen-bond acceptors (Lipinski definition) is 7. The number of aromatic nitrogens is 4. The van der Waals surface area contributed by atoms with E-state index in [0.29, 0.717) is 6.42 Å². The van der Waals surface area contributed by atoms with Gasteiger partial charge in [0.15, 0.2) is 10.8 Å². The summed E-state index contributed by atoms with van der Waals surface area (Å²) >= 11 is 1.76. The summed E-state index contributed by atoms with van der Waals surface area (Å²) in [4.78, 5) is 23.2. The molecule has 2 aliphatic heterocycles. The summed E-state index contributed by atoms with van der Waals surface area (Å²) in [5.74, 6) is 0.827. The Hall–Kier alpha value is -2.12. The lowest BCUT2D eigenvalue weighted by molar-refractivity contribution is 0.141. The predicted molar refractivity (Wildman–Crippen MR) is 113 cm³/mol. The van der Waals surface area contributed by atoms with Gasteiger partial charge in [0.25, 0.3) is 0 Å². The molecule has 0 aliphatic carbocycles. The number of rotatable bonds is 4. The average Bonchev–Trinajstić information content (AvgIpc) is 3.19. The van der Waals surface area contributed by atoms with Crippen LogP contribution >= 0.6 is 11.3 Å². The van der Waals surface area contributed by atoms with E-state index in [2.05, 4.69) is 30.8 Å². The van der Waals surface area contributed by atoms with E-state index in [0.717, 1.165) is 46.0 Å². The summed E-state index contributed by atoms with van der Waals surface area (Å²) in [5, 5.41) is 1.12. The zero-order chi connectivity index (χ0) is 18.8. The van der Waals surface area contributed by atoms with Gasteiger partial charge < -0.3 is 9.80 Å². The molecule has 0 bridgehead atoms. The fourth-order valence-corrected chi connectivity index (χ4v) is 5.43. The van der Waals surface area contributed by atoms with Crippen LogP contribution in [0.3, 0.4) is 0 Å². The van der Waals surface area contributed by atoms with Crippen LogP contribution in [0.25, 0.3) is 10.3 Å². The molecule has 0 saturated carbocycles. The molecule has 6 nitrogen and oxygen atoms in total. The molecule has 2 saturated heterocycles. The molecule has 0 N–H and O–H groups in total. The van der Waals surface area contributed by atoms with Crippen LogP contribution in [0.5, 0.6) is 0 Å². The maximum Gasteiger partial charge on any atom is 0.188 e. The first-order valence-corrected chi connectivity index (χ1v) is 11.2. The SMILES string of the molecule is c1cnc(Cc2cnc3nc(N4CCC(N5CCCCC5)CC4)sc3c2)nc1. The van der Waals surface area contributed by atoms with Crippen LogP contribution in [0.2, 0.25) is 0 Å². The summed E-state index contributed by atoms with van der Waals surface area (Å²) in [5.41, 5.74) is 1.99. The van der Waals surface area contributed by atoms with Crippen LogP contribution in [0.1, 0.15) is 43.5 Å². The van der Waals surface area contributed by atoms with E-state index < -0.39 is 0 Å². The van der Waals surface area contributed by atoms with Crippen LogP contribution < -0.4 is 4.90 Å². The molecule has 146 valence electrons. The van der Waals surface area contributed by atoms with Gasteiger partial charge in [0.1, 0.15) is 5.82 Å². The molecule has 2 aliphatic rings. The van der Waals surface area contributed by atoms with Crippen LogP contribution in [0.15, 0.2) is 30.7 Å². The Kier molecular flexibility index (Phi) is 5.18. The zero-order valence-electron chi connectivity index (χ0n) is 16.1. The minimum Gasteiger partial charge on any atom is -0.348 e. The van der Waals surface area contributed by atoms with Gasteiger partial charge in [0.05, 0.1) is 4.70 Å². The molecule has 0 unspecified atom stereocenters. The first-order chi connectivity index (χ1) is 13.8. The Bertz CT molecular complexity index is 913. The van der Waals surface area contributed by atoms with Crippen molar-refractivity contribution < 1.29 is 0 Å². The van der Waals surface area contributed by atoms with Crippen molar-refractivity contribution >= 4 is 26.8 Å². The molecular formula is C21H26N6S. The smallest absolute Gasteiger partial charge is 0.188 e. The zero-order valence-corrected chi connectivity index (χ0v) is 16.9. The number of hydrogen-bond donors (Lipinski definition) is 0. The van der Waals surface area contributed by atoms with Gasteiger partial charge in [-0.25, -0.2) is 15.0 Å². The van der Waals surface area contributed by atoms with Crippen molar-refractivity contribution in [1.82, 2.24) is 24.8 Å². The normalized spacial score (nSPS) is 19.4. The van der Waals surface area contributed by atoms with E-state index in [1.165, 1.54) is 45.2 Å². The fourth-order valence-electron chi connectivity index (χ4n) is 4.39. The molecule has 0 atom stereocenters. The molecule has 5 heterocycles. The molecule has 0 amide bonds. The topological polar surface area (TPSA) is 58.0 Å². The average molecular weight is 395 g/mol. The second-order valence-corrected chi connectivity index (χ2v) is 8.83. The molecule has 7 heteroatoms. The molecule has 3 aromatic rings. The van der Waals surface area contributed by atoms with Crippen molar-refractivity contribution in [2.24, 2.45) is 0 Å². The highest BCUT2D eigenvalue weighted by atomic mass is 32.1. The molecule has 0 spiro atoms. The summed E-state index contributed by atoms with van der Waals surface area (Å²) < 4.78 is 1.15. The largest absolute Gasteiger partial charge is 0.348 e. The predicted octanol–water partition coefficient (Wildman–Crippen LogP) is 3.53. The van der Waals surface area contributed by atoms with Crippen molar-refractivity contribution in [2.75, 3.05) is 31.1 Å². The number of anilines is 1. The number of likely N-dealkylation sites (tertiary alicyclic amines) is 1. The van der Waals surface area contributed by atoms with Crippen LogP contribution in [-0.2, 0) is 6.42 Å². The number of nitrogens with zero attached hydrogens (tertiary/aromatic N) is 6. The standard InChI is InChI=1S/C21H26N6S/c1-2-9-26(10-3-1)17-5-11-27(12-6-17)21-25-20-18(28-21)13-16(15-24-20)14-19-22-7-4-8-23-19/h4,7-8,13,15,17H,1-3,5-6,9-12,14H2. The number of fused-ring (bicyclic) bond motifs is 1. The molecular weight excluding hydrogens is 368 g/mol. The van der Waals surface area contributed by atoms with Crippen LogP contribution in [0, 0.1) is 0 Å². The Balaban J connectivity index is 1.26. The Morgan fingerprint density at radius 1 is 0.964 bits per heavy atom. The number of piperidine rings is 2. The number of thiazole rings is 1. The molecule has 0 aromatic carbocycles. The van der Waals surface area contributed by atoms with E-state index >= 15 is 0 Å². The highest BCUT2D eigenvalue weighted by Gasteiger charge is 2.26. The van der Waals surface area contributed by atoms with Crippen LogP contribution in [0.4, 0.5) is 5.13 Å². The van der Waals surface area contributed by atoms with Gasteiger partial charge in [-0.2, -0.15) is 4.98 Å². The van der Waals surface area contributed by atoms with Gasteiger partial charge in [-0.05, 0) is 56.5 Å². The quantitative estimate of drug-likeness (QED) is 0.675. The molecule has 0 radical (unpaired) electrons. The molecule has 28 heavy (non-hydrogen) atoms. The Morgan fingerprint density at radius 2 is 1.75 bits per heavy atom. The Labute approximate surface area is 169 Å². The first-order valence-electron chi connectivity index (χ1n) is 10.4. The molecule has 2 fully saturated rings. The van der Waals surface area contributed by atoms with E-state index in [9.17, 15) is 0 Å². The van der Waals surface area contributed by atoms with E-state index in [1.54, 1.807) is 23.7 Å². The maximum atomic E-state index is 4.81. The second kappa shape index (κ2) is 8.09. The lowest BCUT2D eigenvalue weighted by Gasteiger charge is -2.40. The van der Waals surface area contributed by atoms with Gasteiger partial charge in [0, 0.05) is 44.1 Å². The van der Waals surface area contributed by atoms with Crippen LogP contribution in [-0.4, -0.2) is 57.1 Å². The van der Waals surface area contributed by atoms with Gasteiger partial charge in [-0.1, -0.05) is 17.8 Å². The summed E-state index contributed by atoms with van der Waals surface area (Å²) in [6.45, 7) is 4.80.